The van der Waals surface area contributed by atoms with E-state index >= 15 is 0 Å². The third-order valence-electron chi connectivity index (χ3n) is 1.51. The average molecular weight is 192 g/mol. The van der Waals surface area contributed by atoms with Gasteiger partial charge in [-0.05, 0) is 12.1 Å². The molecule has 0 unspecified atom stereocenters. The van der Waals surface area contributed by atoms with E-state index < -0.39 is 0 Å². The Bertz CT molecular complexity index is 282. The van der Waals surface area contributed by atoms with Crippen LogP contribution in [0.2, 0.25) is 0 Å². The van der Waals surface area contributed by atoms with E-state index in [2.05, 4.69) is 16.9 Å². The van der Waals surface area contributed by atoms with Crippen LogP contribution in [0.1, 0.15) is 5.69 Å². The third-order valence-corrected chi connectivity index (χ3v) is 1.80. The number of thiocarbonyl (C=S) groups is 1. The minimum Gasteiger partial charge on any atom is -0.376 e. The standard InChI is InChI=1S/C10H12N2S/c1-2-6-12-10(13)8-9-5-3-4-7-11-9/h2-5,7H,1,6,8H2,(H,12,13). The molecule has 0 bridgehead atoms. The van der Waals surface area contributed by atoms with Gasteiger partial charge in [-0.1, -0.05) is 24.4 Å². The molecule has 0 atom stereocenters. The Labute approximate surface area is 83.7 Å². The van der Waals surface area contributed by atoms with E-state index in [4.69, 9.17) is 12.2 Å². The van der Waals surface area contributed by atoms with Crippen LogP contribution in [-0.4, -0.2) is 16.5 Å². The molecule has 68 valence electrons. The van der Waals surface area contributed by atoms with Gasteiger partial charge in [-0.15, -0.1) is 6.58 Å². The number of nitrogens with zero attached hydrogens (tertiary/aromatic N) is 1. The zero-order chi connectivity index (χ0) is 9.52. The van der Waals surface area contributed by atoms with Crippen LogP contribution < -0.4 is 5.32 Å². The molecule has 0 radical (unpaired) electrons. The van der Waals surface area contributed by atoms with Crippen LogP contribution in [0, 0.1) is 0 Å². The predicted molar refractivity (Wildman–Crippen MR) is 58.7 cm³/mol. The Morgan fingerprint density at radius 2 is 2.46 bits per heavy atom. The predicted octanol–water partition coefficient (Wildman–Crippen LogP) is 1.73. The van der Waals surface area contributed by atoms with Crippen LogP contribution in [0.4, 0.5) is 0 Å². The Morgan fingerprint density at radius 1 is 1.62 bits per heavy atom. The third kappa shape index (κ3) is 3.80. The van der Waals surface area contributed by atoms with E-state index in [1.807, 2.05) is 18.2 Å². The maximum atomic E-state index is 5.10. The van der Waals surface area contributed by atoms with Crippen molar-refractivity contribution in [1.29, 1.82) is 0 Å². The lowest BCUT2D eigenvalue weighted by molar-refractivity contribution is 1.01. The highest BCUT2D eigenvalue weighted by Gasteiger charge is 1.97. The van der Waals surface area contributed by atoms with Crippen molar-refractivity contribution in [3.63, 3.8) is 0 Å². The van der Waals surface area contributed by atoms with Crippen molar-refractivity contribution in [2.24, 2.45) is 0 Å². The highest BCUT2D eigenvalue weighted by molar-refractivity contribution is 7.80. The van der Waals surface area contributed by atoms with E-state index in [1.165, 1.54) is 0 Å². The summed E-state index contributed by atoms with van der Waals surface area (Å²) < 4.78 is 0. The lowest BCUT2D eigenvalue weighted by Gasteiger charge is -2.03. The van der Waals surface area contributed by atoms with Gasteiger partial charge in [-0.2, -0.15) is 0 Å². The summed E-state index contributed by atoms with van der Waals surface area (Å²) in [4.78, 5) is 4.98. The molecule has 13 heavy (non-hydrogen) atoms. The van der Waals surface area contributed by atoms with Crippen LogP contribution in [0.25, 0.3) is 0 Å². The van der Waals surface area contributed by atoms with Gasteiger partial charge in [0.05, 0.1) is 4.99 Å². The lowest BCUT2D eigenvalue weighted by Crippen LogP contribution is -2.23. The summed E-state index contributed by atoms with van der Waals surface area (Å²) in [5.74, 6) is 0. The zero-order valence-electron chi connectivity index (χ0n) is 7.36. The molecule has 1 rings (SSSR count). The Balaban J connectivity index is 2.41. The first-order valence-electron chi connectivity index (χ1n) is 4.10. The second-order valence-corrected chi connectivity index (χ2v) is 3.08. The van der Waals surface area contributed by atoms with Crippen LogP contribution in [-0.2, 0) is 6.42 Å². The molecule has 0 aliphatic heterocycles. The van der Waals surface area contributed by atoms with Gasteiger partial charge in [-0.25, -0.2) is 0 Å². The zero-order valence-corrected chi connectivity index (χ0v) is 8.18. The van der Waals surface area contributed by atoms with E-state index in [1.54, 1.807) is 12.3 Å². The SMILES string of the molecule is C=CCNC(=S)Cc1ccccn1. The fourth-order valence-corrected chi connectivity index (χ4v) is 1.15. The van der Waals surface area contributed by atoms with Gasteiger partial charge in [0, 0.05) is 24.9 Å². The van der Waals surface area contributed by atoms with Gasteiger partial charge < -0.3 is 5.32 Å². The molecule has 1 heterocycles. The largest absolute Gasteiger partial charge is 0.376 e. The molecule has 1 aromatic rings. The first kappa shape index (κ1) is 9.86. The molecule has 0 spiro atoms. The van der Waals surface area contributed by atoms with Crippen LogP contribution in [0.3, 0.4) is 0 Å². The molecule has 1 aromatic heterocycles. The molecule has 3 heteroatoms. The van der Waals surface area contributed by atoms with Gasteiger partial charge in [0.25, 0.3) is 0 Å². The van der Waals surface area contributed by atoms with E-state index in [0.29, 0.717) is 13.0 Å². The van der Waals surface area contributed by atoms with Crippen LogP contribution in [0.5, 0.6) is 0 Å². The number of hydrogen-bond acceptors (Lipinski definition) is 2. The van der Waals surface area contributed by atoms with Crippen molar-refractivity contribution in [2.75, 3.05) is 6.54 Å². The van der Waals surface area contributed by atoms with Crippen molar-refractivity contribution in [2.45, 2.75) is 6.42 Å². The molecule has 0 aromatic carbocycles. The molecule has 1 N–H and O–H groups in total. The summed E-state index contributed by atoms with van der Waals surface area (Å²) in [6.45, 7) is 4.32. The van der Waals surface area contributed by atoms with E-state index in [9.17, 15) is 0 Å². The molecule has 0 fully saturated rings. The maximum absolute atomic E-state index is 5.10. The summed E-state index contributed by atoms with van der Waals surface area (Å²) >= 11 is 5.10. The van der Waals surface area contributed by atoms with Crippen molar-refractivity contribution in [3.05, 3.63) is 42.7 Å². The molecule has 0 saturated heterocycles. The Morgan fingerprint density at radius 3 is 3.08 bits per heavy atom. The van der Waals surface area contributed by atoms with E-state index in [-0.39, 0.29) is 0 Å². The monoisotopic (exact) mass is 192 g/mol. The Kier molecular flexibility index (Phi) is 4.12. The first-order chi connectivity index (χ1) is 6.33. The van der Waals surface area contributed by atoms with Gasteiger partial charge >= 0.3 is 0 Å². The molecular weight excluding hydrogens is 180 g/mol. The summed E-state index contributed by atoms with van der Waals surface area (Å²) in [5, 5.41) is 3.05. The normalized spacial score (nSPS) is 9.23. The van der Waals surface area contributed by atoms with Crippen molar-refractivity contribution >= 4 is 17.2 Å². The first-order valence-corrected chi connectivity index (χ1v) is 4.51. The van der Waals surface area contributed by atoms with Gasteiger partial charge in [0.1, 0.15) is 0 Å². The quantitative estimate of drug-likeness (QED) is 0.581. The lowest BCUT2D eigenvalue weighted by atomic mass is 10.3. The molecule has 0 aliphatic carbocycles. The number of pyridine rings is 1. The number of hydrogen-bond donors (Lipinski definition) is 1. The molecule has 0 aliphatic rings. The van der Waals surface area contributed by atoms with Crippen molar-refractivity contribution in [1.82, 2.24) is 10.3 Å². The summed E-state index contributed by atoms with van der Waals surface area (Å²) in [6.07, 6.45) is 4.25. The highest BCUT2D eigenvalue weighted by Crippen LogP contribution is 1.95. The van der Waals surface area contributed by atoms with Gasteiger partial charge in [-0.3, -0.25) is 4.98 Å². The molecule has 0 amide bonds. The topological polar surface area (TPSA) is 24.9 Å². The van der Waals surface area contributed by atoms with Gasteiger partial charge in [0.2, 0.25) is 0 Å². The highest BCUT2D eigenvalue weighted by atomic mass is 32.1. The minimum absolute atomic E-state index is 0.698. The minimum atomic E-state index is 0.698. The van der Waals surface area contributed by atoms with Crippen molar-refractivity contribution < 1.29 is 0 Å². The summed E-state index contributed by atoms with van der Waals surface area (Å²) in [7, 11) is 0. The van der Waals surface area contributed by atoms with Crippen LogP contribution >= 0.6 is 12.2 Å². The van der Waals surface area contributed by atoms with Crippen LogP contribution in [0.15, 0.2) is 37.1 Å². The summed E-state index contributed by atoms with van der Waals surface area (Å²) in [6, 6.07) is 5.81. The van der Waals surface area contributed by atoms with Gasteiger partial charge in [0.15, 0.2) is 0 Å². The molecule has 0 saturated carbocycles. The number of nitrogens with one attached hydrogen (secondary N) is 1. The second kappa shape index (κ2) is 5.43. The second-order valence-electron chi connectivity index (χ2n) is 2.59. The van der Waals surface area contributed by atoms with E-state index in [0.717, 1.165) is 10.7 Å². The number of aromatic nitrogens is 1. The Hall–Kier alpha value is -1.22. The molecule has 2 nitrogen and oxygen atoms in total. The average Bonchev–Trinajstić information content (AvgIpc) is 2.16. The fourth-order valence-electron chi connectivity index (χ4n) is 0.916. The van der Waals surface area contributed by atoms with Crippen molar-refractivity contribution in [3.8, 4) is 0 Å². The molecular formula is C10H12N2S. The maximum Gasteiger partial charge on any atom is 0.0816 e. The fraction of sp³-hybridized carbons (Fsp3) is 0.200. The summed E-state index contributed by atoms with van der Waals surface area (Å²) in [5.41, 5.74) is 0.990. The number of rotatable bonds is 4. The smallest absolute Gasteiger partial charge is 0.0816 e.